The van der Waals surface area contributed by atoms with Crippen LogP contribution in [0.4, 0.5) is 11.6 Å². The summed E-state index contributed by atoms with van der Waals surface area (Å²) in [6.07, 6.45) is 5.17. The Kier molecular flexibility index (Phi) is 4.19. The second kappa shape index (κ2) is 7.10. The SMILES string of the molecule is Nc1cc(N2CCCC2c2nn3ccc(Cl)c3c(=O)n2-c2ccccc2)n2nccc2n1. The Hall–Kier alpha value is -3.85. The van der Waals surface area contributed by atoms with E-state index >= 15 is 0 Å². The standard InChI is InChI=1S/C22H19ClN8O/c23-15-9-12-29-20(15)22(32)30(14-5-2-1-3-6-14)21(27-29)16-7-4-11-28(16)19-13-17(24)26-18-8-10-25-31(18)19/h1-3,5-6,8-10,12-13,16H,4,7,11H2,(H2,24,26). The smallest absolute Gasteiger partial charge is 0.284 e. The topological polar surface area (TPSA) is 98.8 Å². The van der Waals surface area contributed by atoms with Gasteiger partial charge in [0.05, 0.1) is 22.9 Å². The summed E-state index contributed by atoms with van der Waals surface area (Å²) in [6, 6.07) is 14.7. The number of hydrogen-bond donors (Lipinski definition) is 1. The zero-order valence-corrected chi connectivity index (χ0v) is 17.7. The van der Waals surface area contributed by atoms with E-state index in [1.54, 1.807) is 32.1 Å². The molecule has 1 unspecified atom stereocenters. The summed E-state index contributed by atoms with van der Waals surface area (Å²) in [6.45, 7) is 0.776. The van der Waals surface area contributed by atoms with Crippen LogP contribution < -0.4 is 16.2 Å². The van der Waals surface area contributed by atoms with Crippen LogP contribution in [0.15, 0.2) is 65.7 Å². The zero-order valence-electron chi connectivity index (χ0n) is 17.0. The van der Waals surface area contributed by atoms with Gasteiger partial charge in [0.2, 0.25) is 0 Å². The number of para-hydroxylation sites is 1. The maximum Gasteiger partial charge on any atom is 0.284 e. The van der Waals surface area contributed by atoms with Crippen LogP contribution in [0.1, 0.15) is 24.7 Å². The van der Waals surface area contributed by atoms with Crippen molar-refractivity contribution in [2.45, 2.75) is 18.9 Å². The summed E-state index contributed by atoms with van der Waals surface area (Å²) in [5.41, 5.74) is 7.65. The van der Waals surface area contributed by atoms with E-state index in [0.29, 0.717) is 27.8 Å². The summed E-state index contributed by atoms with van der Waals surface area (Å²) < 4.78 is 5.00. The maximum absolute atomic E-state index is 13.6. The predicted octanol–water partition coefficient (Wildman–Crippen LogP) is 3.11. The Bertz CT molecular complexity index is 1520. The van der Waals surface area contributed by atoms with E-state index < -0.39 is 0 Å². The first-order valence-corrected chi connectivity index (χ1v) is 10.7. The number of halogens is 1. The third-order valence-corrected chi connectivity index (χ3v) is 6.19. The van der Waals surface area contributed by atoms with Crippen LogP contribution in [0.25, 0.3) is 16.9 Å². The lowest BCUT2D eigenvalue weighted by Gasteiger charge is -2.28. The van der Waals surface area contributed by atoms with Gasteiger partial charge in [0.25, 0.3) is 5.56 Å². The monoisotopic (exact) mass is 446 g/mol. The highest BCUT2D eigenvalue weighted by atomic mass is 35.5. The molecule has 32 heavy (non-hydrogen) atoms. The molecule has 0 spiro atoms. The first-order chi connectivity index (χ1) is 15.6. The van der Waals surface area contributed by atoms with Crippen LogP contribution in [-0.4, -0.2) is 35.3 Å². The van der Waals surface area contributed by atoms with Gasteiger partial charge in [0.1, 0.15) is 17.2 Å². The van der Waals surface area contributed by atoms with Gasteiger partial charge in [-0.05, 0) is 31.0 Å². The van der Waals surface area contributed by atoms with Gasteiger partial charge in [-0.1, -0.05) is 29.8 Å². The molecule has 2 N–H and O–H groups in total. The van der Waals surface area contributed by atoms with Crippen molar-refractivity contribution in [3.63, 3.8) is 0 Å². The molecular formula is C22H19ClN8O. The molecule has 160 valence electrons. The average Bonchev–Trinajstić information content (AvgIpc) is 3.53. The van der Waals surface area contributed by atoms with Crippen molar-refractivity contribution in [2.75, 3.05) is 17.2 Å². The lowest BCUT2D eigenvalue weighted by Crippen LogP contribution is -2.33. The van der Waals surface area contributed by atoms with Gasteiger partial charge in [-0.25, -0.2) is 9.50 Å². The van der Waals surface area contributed by atoms with Gasteiger partial charge < -0.3 is 10.6 Å². The van der Waals surface area contributed by atoms with Crippen LogP contribution in [0.5, 0.6) is 0 Å². The van der Waals surface area contributed by atoms with Crippen molar-refractivity contribution >= 4 is 34.4 Å². The molecule has 1 fully saturated rings. The highest BCUT2D eigenvalue weighted by Crippen LogP contribution is 2.36. The second-order valence-corrected chi connectivity index (χ2v) is 8.19. The molecule has 10 heteroatoms. The number of aromatic nitrogens is 6. The first-order valence-electron chi connectivity index (χ1n) is 10.3. The first kappa shape index (κ1) is 18.9. The minimum absolute atomic E-state index is 0.164. The van der Waals surface area contributed by atoms with Crippen molar-refractivity contribution < 1.29 is 0 Å². The van der Waals surface area contributed by atoms with Gasteiger partial charge in [-0.15, -0.1) is 0 Å². The molecule has 1 aliphatic rings. The quantitative estimate of drug-likeness (QED) is 0.457. The van der Waals surface area contributed by atoms with Crippen LogP contribution in [0.3, 0.4) is 0 Å². The highest BCUT2D eigenvalue weighted by molar-refractivity contribution is 6.33. The molecule has 0 radical (unpaired) electrons. The molecule has 0 amide bonds. The van der Waals surface area contributed by atoms with Gasteiger partial charge >= 0.3 is 0 Å². The van der Waals surface area contributed by atoms with E-state index in [1.165, 1.54) is 0 Å². The van der Waals surface area contributed by atoms with E-state index in [9.17, 15) is 4.79 Å². The molecule has 0 saturated carbocycles. The maximum atomic E-state index is 13.6. The number of rotatable bonds is 3. The molecule has 1 atom stereocenters. The van der Waals surface area contributed by atoms with Gasteiger partial charge in [-0.2, -0.15) is 14.7 Å². The van der Waals surface area contributed by atoms with Gasteiger partial charge in [-0.3, -0.25) is 9.36 Å². The third-order valence-electron chi connectivity index (χ3n) is 5.88. The number of fused-ring (bicyclic) bond motifs is 2. The third kappa shape index (κ3) is 2.78. The molecular weight excluding hydrogens is 428 g/mol. The normalized spacial score (nSPS) is 16.4. The Balaban J connectivity index is 1.60. The lowest BCUT2D eigenvalue weighted by molar-refractivity contribution is 0.597. The van der Waals surface area contributed by atoms with E-state index in [4.69, 9.17) is 22.4 Å². The molecule has 5 heterocycles. The fraction of sp³-hybridized carbons (Fsp3) is 0.182. The zero-order chi connectivity index (χ0) is 21.8. The fourth-order valence-corrected chi connectivity index (χ4v) is 4.74. The molecule has 4 aromatic heterocycles. The summed E-state index contributed by atoms with van der Waals surface area (Å²) >= 11 is 6.33. The number of nitrogen functional groups attached to an aromatic ring is 1. The summed E-state index contributed by atoms with van der Waals surface area (Å²) in [5.74, 6) is 1.87. The van der Waals surface area contributed by atoms with Crippen LogP contribution in [0, 0.1) is 0 Å². The predicted molar refractivity (Wildman–Crippen MR) is 123 cm³/mol. The van der Waals surface area contributed by atoms with Crippen LogP contribution in [-0.2, 0) is 0 Å². The molecule has 1 aliphatic heterocycles. The van der Waals surface area contributed by atoms with E-state index in [0.717, 1.165) is 30.9 Å². The molecule has 0 aliphatic carbocycles. The number of hydrogen-bond acceptors (Lipinski definition) is 6. The highest BCUT2D eigenvalue weighted by Gasteiger charge is 2.33. The van der Waals surface area contributed by atoms with E-state index in [1.807, 2.05) is 42.5 Å². The van der Waals surface area contributed by atoms with E-state index in [2.05, 4.69) is 15.0 Å². The molecule has 1 aromatic carbocycles. The van der Waals surface area contributed by atoms with E-state index in [-0.39, 0.29) is 11.6 Å². The lowest BCUT2D eigenvalue weighted by atomic mass is 10.2. The largest absolute Gasteiger partial charge is 0.384 e. The average molecular weight is 447 g/mol. The number of anilines is 2. The summed E-state index contributed by atoms with van der Waals surface area (Å²) in [7, 11) is 0. The number of nitrogens with two attached hydrogens (primary N) is 1. The Morgan fingerprint density at radius 1 is 1.12 bits per heavy atom. The summed E-state index contributed by atoms with van der Waals surface area (Å²) in [4.78, 5) is 20.1. The van der Waals surface area contributed by atoms with Crippen molar-refractivity contribution in [1.29, 1.82) is 0 Å². The molecule has 1 saturated heterocycles. The van der Waals surface area contributed by atoms with Crippen molar-refractivity contribution in [3.8, 4) is 5.69 Å². The Morgan fingerprint density at radius 2 is 1.97 bits per heavy atom. The van der Waals surface area contributed by atoms with Gasteiger partial charge in [0.15, 0.2) is 11.5 Å². The van der Waals surface area contributed by atoms with Crippen molar-refractivity contribution in [1.82, 2.24) is 28.8 Å². The molecule has 0 bridgehead atoms. The molecule has 9 nitrogen and oxygen atoms in total. The minimum atomic E-state index is -0.207. The van der Waals surface area contributed by atoms with Crippen LogP contribution >= 0.6 is 11.6 Å². The Labute approximate surface area is 187 Å². The van der Waals surface area contributed by atoms with Crippen molar-refractivity contribution in [2.24, 2.45) is 0 Å². The minimum Gasteiger partial charge on any atom is -0.384 e. The van der Waals surface area contributed by atoms with Crippen LogP contribution in [0.2, 0.25) is 5.02 Å². The molecule has 5 aromatic rings. The number of benzene rings is 1. The summed E-state index contributed by atoms with van der Waals surface area (Å²) in [5, 5.41) is 9.66. The van der Waals surface area contributed by atoms with Gasteiger partial charge in [0, 0.05) is 24.9 Å². The molecule has 6 rings (SSSR count). The van der Waals surface area contributed by atoms with Crippen molar-refractivity contribution in [3.05, 3.63) is 82.1 Å². The fourth-order valence-electron chi connectivity index (χ4n) is 4.52. The number of nitrogens with zero attached hydrogens (tertiary/aromatic N) is 7. The Morgan fingerprint density at radius 3 is 2.81 bits per heavy atom. The second-order valence-electron chi connectivity index (χ2n) is 7.78.